The van der Waals surface area contributed by atoms with E-state index in [1.807, 2.05) is 24.3 Å². The minimum atomic E-state index is -0.999. The van der Waals surface area contributed by atoms with Crippen molar-refractivity contribution in [2.75, 3.05) is 5.75 Å². The van der Waals surface area contributed by atoms with Crippen LogP contribution in [-0.2, 0) is 4.79 Å². The Kier molecular flexibility index (Phi) is 5.11. The maximum absolute atomic E-state index is 10.8. The van der Waals surface area contributed by atoms with E-state index in [-0.39, 0.29) is 5.12 Å². The van der Waals surface area contributed by atoms with Crippen LogP contribution in [0.4, 0.5) is 0 Å². The zero-order valence-corrected chi connectivity index (χ0v) is 12.0. The Morgan fingerprint density at radius 3 is 2.80 bits per heavy atom. The third-order valence-corrected chi connectivity index (χ3v) is 3.95. The number of nitrogens with zero attached hydrogens (tertiary/aromatic N) is 1. The van der Waals surface area contributed by atoms with E-state index in [1.54, 1.807) is 12.4 Å². The standard InChI is InChI=1S/C15H17NO3S/c1-10(17)20-7-6-14(18)15(19)13-9-16-8-11-4-2-3-5-12(11)13/h2-5,8-9,14-15,18-19H,6-7H2,1H3. The van der Waals surface area contributed by atoms with E-state index >= 15 is 0 Å². The average molecular weight is 291 g/mol. The first-order valence-electron chi connectivity index (χ1n) is 6.41. The molecule has 2 unspecified atom stereocenters. The van der Waals surface area contributed by atoms with Crippen molar-refractivity contribution in [3.8, 4) is 0 Å². The van der Waals surface area contributed by atoms with Crippen molar-refractivity contribution in [2.24, 2.45) is 0 Å². The maximum atomic E-state index is 10.8. The molecule has 1 heterocycles. The number of hydrogen-bond donors (Lipinski definition) is 2. The van der Waals surface area contributed by atoms with Crippen molar-refractivity contribution in [1.82, 2.24) is 4.98 Å². The fraction of sp³-hybridized carbons (Fsp3) is 0.333. The van der Waals surface area contributed by atoms with Gasteiger partial charge >= 0.3 is 0 Å². The first-order chi connectivity index (χ1) is 9.59. The lowest BCUT2D eigenvalue weighted by Gasteiger charge is -2.19. The summed E-state index contributed by atoms with van der Waals surface area (Å²) in [5, 5.41) is 22.1. The van der Waals surface area contributed by atoms with Gasteiger partial charge in [-0.05, 0) is 11.8 Å². The van der Waals surface area contributed by atoms with Gasteiger partial charge in [-0.2, -0.15) is 0 Å². The minimum absolute atomic E-state index is 0.0125. The number of rotatable bonds is 5. The fourth-order valence-electron chi connectivity index (χ4n) is 2.06. The third kappa shape index (κ3) is 3.56. The Hall–Kier alpha value is -1.43. The van der Waals surface area contributed by atoms with Crippen molar-refractivity contribution >= 4 is 27.6 Å². The van der Waals surface area contributed by atoms with Crippen molar-refractivity contribution < 1.29 is 15.0 Å². The van der Waals surface area contributed by atoms with Crippen LogP contribution in [0.25, 0.3) is 10.8 Å². The van der Waals surface area contributed by atoms with Gasteiger partial charge in [0.25, 0.3) is 0 Å². The van der Waals surface area contributed by atoms with E-state index < -0.39 is 12.2 Å². The second-order valence-electron chi connectivity index (χ2n) is 4.59. The molecule has 0 aliphatic carbocycles. The third-order valence-electron chi connectivity index (χ3n) is 3.10. The number of aromatic nitrogens is 1. The van der Waals surface area contributed by atoms with E-state index in [0.29, 0.717) is 17.7 Å². The number of carbonyl (C=O) groups excluding carboxylic acids is 1. The highest BCUT2D eigenvalue weighted by Crippen LogP contribution is 2.26. The van der Waals surface area contributed by atoms with Gasteiger partial charge in [-0.3, -0.25) is 9.78 Å². The Morgan fingerprint density at radius 1 is 1.30 bits per heavy atom. The summed E-state index contributed by atoms with van der Waals surface area (Å²) in [4.78, 5) is 14.9. The molecule has 0 aliphatic rings. The van der Waals surface area contributed by atoms with Crippen LogP contribution < -0.4 is 0 Å². The van der Waals surface area contributed by atoms with Crippen molar-refractivity contribution in [3.63, 3.8) is 0 Å². The molecule has 2 aromatic rings. The highest BCUT2D eigenvalue weighted by Gasteiger charge is 2.20. The van der Waals surface area contributed by atoms with E-state index in [1.165, 1.54) is 6.92 Å². The van der Waals surface area contributed by atoms with Crippen molar-refractivity contribution in [1.29, 1.82) is 0 Å². The molecule has 0 saturated heterocycles. The summed E-state index contributed by atoms with van der Waals surface area (Å²) in [6, 6.07) is 7.60. The molecule has 0 radical (unpaired) electrons. The summed E-state index contributed by atoms with van der Waals surface area (Å²) in [6.45, 7) is 1.49. The Bertz CT molecular complexity index is 597. The van der Waals surface area contributed by atoms with Crippen LogP contribution >= 0.6 is 11.8 Å². The van der Waals surface area contributed by atoms with Gasteiger partial charge in [0.15, 0.2) is 5.12 Å². The van der Waals surface area contributed by atoms with E-state index in [0.717, 1.165) is 22.5 Å². The Labute approximate surface area is 121 Å². The lowest BCUT2D eigenvalue weighted by Crippen LogP contribution is -2.19. The summed E-state index contributed by atoms with van der Waals surface area (Å²) in [5.74, 6) is 0.492. The second kappa shape index (κ2) is 6.83. The van der Waals surface area contributed by atoms with Gasteiger partial charge in [0, 0.05) is 36.0 Å². The molecule has 0 amide bonds. The summed E-state index contributed by atoms with van der Waals surface area (Å²) >= 11 is 1.15. The normalized spacial score (nSPS) is 14.2. The predicted octanol–water partition coefficient (Wildman–Crippen LogP) is 2.30. The van der Waals surface area contributed by atoms with Crippen molar-refractivity contribution in [2.45, 2.75) is 25.6 Å². The average Bonchev–Trinajstić information content (AvgIpc) is 2.45. The van der Waals surface area contributed by atoms with E-state index in [4.69, 9.17) is 0 Å². The smallest absolute Gasteiger partial charge is 0.185 e. The zero-order valence-electron chi connectivity index (χ0n) is 11.2. The van der Waals surface area contributed by atoms with Crippen LogP contribution in [0.15, 0.2) is 36.7 Å². The number of benzene rings is 1. The molecule has 0 saturated carbocycles. The lowest BCUT2D eigenvalue weighted by atomic mass is 9.99. The number of aliphatic hydroxyl groups excluding tert-OH is 2. The molecule has 0 spiro atoms. The molecule has 1 aromatic heterocycles. The molecule has 4 nitrogen and oxygen atoms in total. The van der Waals surface area contributed by atoms with E-state index in [2.05, 4.69) is 4.98 Å². The molecule has 0 fully saturated rings. The number of aliphatic hydroxyl groups is 2. The molecule has 20 heavy (non-hydrogen) atoms. The number of carbonyl (C=O) groups is 1. The second-order valence-corrected chi connectivity index (χ2v) is 5.86. The first kappa shape index (κ1) is 15.0. The predicted molar refractivity (Wildman–Crippen MR) is 80.5 cm³/mol. The van der Waals surface area contributed by atoms with Gasteiger partial charge in [-0.15, -0.1) is 0 Å². The first-order valence-corrected chi connectivity index (χ1v) is 7.40. The number of thioether (sulfide) groups is 1. The number of pyridine rings is 1. The number of fused-ring (bicyclic) bond motifs is 1. The quantitative estimate of drug-likeness (QED) is 0.884. The highest BCUT2D eigenvalue weighted by atomic mass is 32.2. The largest absolute Gasteiger partial charge is 0.390 e. The van der Waals surface area contributed by atoms with Crippen LogP contribution in [0, 0.1) is 0 Å². The molecule has 2 rings (SSSR count). The summed E-state index contributed by atoms with van der Waals surface area (Å²) in [5.41, 5.74) is 0.614. The molecule has 1 aromatic carbocycles. The van der Waals surface area contributed by atoms with Crippen molar-refractivity contribution in [3.05, 3.63) is 42.2 Å². The molecule has 5 heteroatoms. The Morgan fingerprint density at radius 2 is 2.05 bits per heavy atom. The van der Waals surface area contributed by atoms with Crippen LogP contribution in [0.2, 0.25) is 0 Å². The monoisotopic (exact) mass is 291 g/mol. The van der Waals surface area contributed by atoms with Gasteiger partial charge < -0.3 is 10.2 Å². The SMILES string of the molecule is CC(=O)SCCC(O)C(O)c1cncc2ccccc12. The fourth-order valence-corrected chi connectivity index (χ4v) is 2.71. The lowest BCUT2D eigenvalue weighted by molar-refractivity contribution is -0.109. The van der Waals surface area contributed by atoms with Crippen LogP contribution in [-0.4, -0.2) is 32.2 Å². The summed E-state index contributed by atoms with van der Waals surface area (Å²) in [6.07, 6.45) is 1.75. The molecule has 0 aliphatic heterocycles. The van der Waals surface area contributed by atoms with Gasteiger partial charge in [-0.1, -0.05) is 36.0 Å². The van der Waals surface area contributed by atoms with Gasteiger partial charge in [0.1, 0.15) is 6.10 Å². The minimum Gasteiger partial charge on any atom is -0.390 e. The number of hydrogen-bond acceptors (Lipinski definition) is 5. The van der Waals surface area contributed by atoms with Crippen LogP contribution in [0.1, 0.15) is 25.0 Å². The highest BCUT2D eigenvalue weighted by molar-refractivity contribution is 8.13. The molecule has 106 valence electrons. The molecule has 2 atom stereocenters. The van der Waals surface area contributed by atoms with Gasteiger partial charge in [0.05, 0.1) is 6.10 Å². The Balaban J connectivity index is 2.14. The van der Waals surface area contributed by atoms with Crippen LogP contribution in [0.5, 0.6) is 0 Å². The topological polar surface area (TPSA) is 70.4 Å². The molecule has 2 N–H and O–H groups in total. The zero-order chi connectivity index (χ0) is 14.5. The summed E-state index contributed by atoms with van der Waals surface area (Å²) in [7, 11) is 0. The summed E-state index contributed by atoms with van der Waals surface area (Å²) < 4.78 is 0. The molecule has 0 bridgehead atoms. The van der Waals surface area contributed by atoms with E-state index in [9.17, 15) is 15.0 Å². The van der Waals surface area contributed by atoms with Gasteiger partial charge in [0.2, 0.25) is 0 Å². The maximum Gasteiger partial charge on any atom is 0.185 e. The molecular weight excluding hydrogens is 274 g/mol. The molecular formula is C15H17NO3S. The van der Waals surface area contributed by atoms with Crippen LogP contribution in [0.3, 0.4) is 0 Å². The van der Waals surface area contributed by atoms with Gasteiger partial charge in [-0.25, -0.2) is 0 Å².